The molecule has 0 heterocycles. The fourth-order valence-electron chi connectivity index (χ4n) is 2.21. The lowest BCUT2D eigenvalue weighted by molar-refractivity contribution is -0.138. The SMILES string of the molecule is CC(NCCNC(=O)C1CC1)c1ccccc1C(F)(F)F. The number of carbonyl (C=O) groups is 1. The number of amides is 1. The second-order valence-electron chi connectivity index (χ2n) is 5.33. The second-order valence-corrected chi connectivity index (χ2v) is 5.33. The van der Waals surface area contributed by atoms with Crippen molar-refractivity contribution in [3.63, 3.8) is 0 Å². The number of hydrogen-bond donors (Lipinski definition) is 2. The highest BCUT2D eigenvalue weighted by molar-refractivity contribution is 5.80. The molecule has 1 aromatic carbocycles. The average Bonchev–Trinajstić information content (AvgIpc) is 3.26. The van der Waals surface area contributed by atoms with Crippen molar-refractivity contribution in [2.45, 2.75) is 32.0 Å². The predicted octanol–water partition coefficient (Wildman–Crippen LogP) is 2.88. The summed E-state index contributed by atoms with van der Waals surface area (Å²) in [6.45, 7) is 2.55. The average molecular weight is 300 g/mol. The fourth-order valence-corrected chi connectivity index (χ4v) is 2.21. The second kappa shape index (κ2) is 6.47. The smallest absolute Gasteiger partial charge is 0.355 e. The third-order valence-corrected chi connectivity index (χ3v) is 3.56. The van der Waals surface area contributed by atoms with Gasteiger partial charge >= 0.3 is 6.18 Å². The van der Waals surface area contributed by atoms with Gasteiger partial charge in [-0.15, -0.1) is 0 Å². The molecule has 0 bridgehead atoms. The number of hydrogen-bond acceptors (Lipinski definition) is 2. The molecule has 21 heavy (non-hydrogen) atoms. The van der Waals surface area contributed by atoms with Crippen molar-refractivity contribution in [2.24, 2.45) is 5.92 Å². The third-order valence-electron chi connectivity index (χ3n) is 3.56. The summed E-state index contributed by atoms with van der Waals surface area (Å²) in [5.74, 6) is 0.188. The van der Waals surface area contributed by atoms with E-state index in [9.17, 15) is 18.0 Å². The summed E-state index contributed by atoms with van der Waals surface area (Å²) < 4.78 is 38.7. The van der Waals surface area contributed by atoms with Crippen molar-refractivity contribution in [3.05, 3.63) is 35.4 Å². The molecular weight excluding hydrogens is 281 g/mol. The lowest BCUT2D eigenvalue weighted by atomic mass is 10.0. The molecule has 1 fully saturated rings. The van der Waals surface area contributed by atoms with Crippen LogP contribution in [-0.4, -0.2) is 19.0 Å². The van der Waals surface area contributed by atoms with E-state index >= 15 is 0 Å². The highest BCUT2D eigenvalue weighted by atomic mass is 19.4. The Balaban J connectivity index is 1.85. The van der Waals surface area contributed by atoms with Gasteiger partial charge in [0, 0.05) is 25.0 Å². The van der Waals surface area contributed by atoms with Crippen molar-refractivity contribution in [2.75, 3.05) is 13.1 Å². The lowest BCUT2D eigenvalue weighted by Crippen LogP contribution is -2.34. The van der Waals surface area contributed by atoms with Gasteiger partial charge in [0.2, 0.25) is 5.91 Å². The first-order valence-electron chi connectivity index (χ1n) is 7.07. The van der Waals surface area contributed by atoms with E-state index in [1.165, 1.54) is 12.1 Å². The van der Waals surface area contributed by atoms with Gasteiger partial charge in [-0.2, -0.15) is 13.2 Å². The summed E-state index contributed by atoms with van der Waals surface area (Å²) in [6, 6.07) is 5.11. The van der Waals surface area contributed by atoms with Crippen molar-refractivity contribution in [1.29, 1.82) is 0 Å². The van der Waals surface area contributed by atoms with E-state index in [1.807, 2.05) is 0 Å². The molecular formula is C15H19F3N2O. The molecule has 0 aromatic heterocycles. The Kier molecular flexibility index (Phi) is 4.88. The maximum atomic E-state index is 12.9. The summed E-state index contributed by atoms with van der Waals surface area (Å²) in [7, 11) is 0. The minimum atomic E-state index is -4.35. The Labute approximate surface area is 121 Å². The number of rotatable bonds is 6. The van der Waals surface area contributed by atoms with Crippen LogP contribution in [0.5, 0.6) is 0 Å². The first-order valence-corrected chi connectivity index (χ1v) is 7.07. The minimum absolute atomic E-state index is 0.0418. The zero-order chi connectivity index (χ0) is 15.5. The third kappa shape index (κ3) is 4.46. The molecule has 0 aliphatic heterocycles. The van der Waals surface area contributed by atoms with Crippen molar-refractivity contribution < 1.29 is 18.0 Å². The van der Waals surface area contributed by atoms with E-state index in [2.05, 4.69) is 10.6 Å². The van der Waals surface area contributed by atoms with Gasteiger partial charge in [-0.05, 0) is 31.4 Å². The van der Waals surface area contributed by atoms with E-state index < -0.39 is 17.8 Å². The molecule has 0 spiro atoms. The van der Waals surface area contributed by atoms with Gasteiger partial charge in [0.25, 0.3) is 0 Å². The van der Waals surface area contributed by atoms with Crippen LogP contribution >= 0.6 is 0 Å². The van der Waals surface area contributed by atoms with Gasteiger partial charge in [0.1, 0.15) is 0 Å². The van der Waals surface area contributed by atoms with Crippen LogP contribution in [0.2, 0.25) is 0 Å². The Morgan fingerprint density at radius 2 is 1.95 bits per heavy atom. The maximum absolute atomic E-state index is 12.9. The molecule has 0 radical (unpaired) electrons. The number of carbonyl (C=O) groups excluding carboxylic acids is 1. The molecule has 1 saturated carbocycles. The minimum Gasteiger partial charge on any atom is -0.355 e. The molecule has 1 unspecified atom stereocenters. The van der Waals surface area contributed by atoms with Gasteiger partial charge in [-0.25, -0.2) is 0 Å². The van der Waals surface area contributed by atoms with Crippen LogP contribution in [0.4, 0.5) is 13.2 Å². The zero-order valence-corrected chi connectivity index (χ0v) is 11.8. The van der Waals surface area contributed by atoms with Crippen LogP contribution in [0.3, 0.4) is 0 Å². The molecule has 2 rings (SSSR count). The Morgan fingerprint density at radius 1 is 1.29 bits per heavy atom. The largest absolute Gasteiger partial charge is 0.416 e. The standard InChI is InChI=1S/C15H19F3N2O/c1-10(19-8-9-20-14(21)11-6-7-11)12-4-2-3-5-13(12)15(16,17)18/h2-5,10-11,19H,6-9H2,1H3,(H,20,21). The molecule has 3 nitrogen and oxygen atoms in total. The van der Waals surface area contributed by atoms with Crippen molar-refractivity contribution >= 4 is 5.91 Å². The van der Waals surface area contributed by atoms with E-state index in [4.69, 9.17) is 0 Å². The fraction of sp³-hybridized carbons (Fsp3) is 0.533. The topological polar surface area (TPSA) is 41.1 Å². The maximum Gasteiger partial charge on any atom is 0.416 e. The summed E-state index contributed by atoms with van der Waals surface area (Å²) >= 11 is 0. The number of nitrogens with one attached hydrogen (secondary N) is 2. The van der Waals surface area contributed by atoms with Crippen LogP contribution in [0.15, 0.2) is 24.3 Å². The Hall–Kier alpha value is -1.56. The van der Waals surface area contributed by atoms with Crippen LogP contribution in [0, 0.1) is 5.92 Å². The van der Waals surface area contributed by atoms with Gasteiger partial charge in [0.15, 0.2) is 0 Å². The molecule has 1 amide bonds. The molecule has 116 valence electrons. The van der Waals surface area contributed by atoms with E-state index in [0.29, 0.717) is 13.1 Å². The highest BCUT2D eigenvalue weighted by Gasteiger charge is 2.34. The van der Waals surface area contributed by atoms with Crippen molar-refractivity contribution in [3.8, 4) is 0 Å². The summed E-state index contributed by atoms with van der Waals surface area (Å²) in [5.41, 5.74) is -0.398. The molecule has 1 aromatic rings. The van der Waals surface area contributed by atoms with E-state index in [0.717, 1.165) is 18.9 Å². The number of halogens is 3. The Bertz CT molecular complexity index is 498. The van der Waals surface area contributed by atoms with Crippen molar-refractivity contribution in [1.82, 2.24) is 10.6 Å². The van der Waals surface area contributed by atoms with Crippen LogP contribution in [0.1, 0.15) is 36.9 Å². The quantitative estimate of drug-likeness (QED) is 0.793. The monoisotopic (exact) mass is 300 g/mol. The number of benzene rings is 1. The Morgan fingerprint density at radius 3 is 2.57 bits per heavy atom. The molecule has 6 heteroatoms. The lowest BCUT2D eigenvalue weighted by Gasteiger charge is -2.19. The summed E-state index contributed by atoms with van der Waals surface area (Å²) in [5, 5.41) is 5.78. The van der Waals surface area contributed by atoms with Gasteiger partial charge in [-0.1, -0.05) is 18.2 Å². The first kappa shape index (κ1) is 15.8. The van der Waals surface area contributed by atoms with Gasteiger partial charge < -0.3 is 10.6 Å². The summed E-state index contributed by atoms with van der Waals surface area (Å²) in [6.07, 6.45) is -2.48. The normalized spacial score (nSPS) is 16.6. The van der Waals surface area contributed by atoms with E-state index in [1.54, 1.807) is 13.0 Å². The van der Waals surface area contributed by atoms with Crippen LogP contribution < -0.4 is 10.6 Å². The first-order chi connectivity index (χ1) is 9.89. The predicted molar refractivity (Wildman–Crippen MR) is 73.6 cm³/mol. The summed E-state index contributed by atoms with van der Waals surface area (Å²) in [4.78, 5) is 11.4. The van der Waals surface area contributed by atoms with Gasteiger partial charge in [-0.3, -0.25) is 4.79 Å². The molecule has 2 N–H and O–H groups in total. The van der Waals surface area contributed by atoms with Crippen LogP contribution in [-0.2, 0) is 11.0 Å². The van der Waals surface area contributed by atoms with Gasteiger partial charge in [0.05, 0.1) is 5.56 Å². The molecule has 0 saturated heterocycles. The molecule has 1 aliphatic carbocycles. The molecule has 1 aliphatic rings. The highest BCUT2D eigenvalue weighted by Crippen LogP contribution is 2.34. The van der Waals surface area contributed by atoms with E-state index in [-0.39, 0.29) is 17.4 Å². The number of alkyl halides is 3. The zero-order valence-electron chi connectivity index (χ0n) is 11.8. The van der Waals surface area contributed by atoms with Crippen LogP contribution in [0.25, 0.3) is 0 Å². The molecule has 1 atom stereocenters.